The second kappa shape index (κ2) is 7.73. The van der Waals surface area contributed by atoms with E-state index in [2.05, 4.69) is 17.6 Å². The number of hydrogen-bond donors (Lipinski definition) is 2. The van der Waals surface area contributed by atoms with E-state index in [9.17, 15) is 4.79 Å². The Morgan fingerprint density at radius 2 is 1.89 bits per heavy atom. The number of ether oxygens (including phenoxy) is 1. The lowest BCUT2D eigenvalue weighted by Gasteiger charge is -2.32. The highest BCUT2D eigenvalue weighted by Crippen LogP contribution is 2.35. The van der Waals surface area contributed by atoms with E-state index in [1.807, 2.05) is 20.8 Å². The van der Waals surface area contributed by atoms with Gasteiger partial charge in [0.15, 0.2) is 0 Å². The average Bonchev–Trinajstić information content (AvgIpc) is 2.22. The fourth-order valence-electron chi connectivity index (χ4n) is 2.51. The summed E-state index contributed by atoms with van der Waals surface area (Å²) in [7, 11) is 0. The van der Waals surface area contributed by atoms with E-state index >= 15 is 0 Å². The summed E-state index contributed by atoms with van der Waals surface area (Å²) in [5, 5.41) is 6.09. The van der Waals surface area contributed by atoms with Gasteiger partial charge in [0, 0.05) is 13.1 Å². The van der Waals surface area contributed by atoms with E-state index in [0.717, 1.165) is 24.9 Å². The van der Waals surface area contributed by atoms with Crippen LogP contribution in [0.3, 0.4) is 0 Å². The van der Waals surface area contributed by atoms with Crippen molar-refractivity contribution in [2.75, 3.05) is 19.6 Å². The highest BCUT2D eigenvalue weighted by molar-refractivity contribution is 5.67. The lowest BCUT2D eigenvalue weighted by Crippen LogP contribution is -2.36. The molecule has 0 bridgehead atoms. The number of nitrogens with one attached hydrogen (secondary N) is 2. The van der Waals surface area contributed by atoms with Crippen LogP contribution in [0.2, 0.25) is 0 Å². The molecule has 0 atom stereocenters. The molecule has 0 spiro atoms. The number of alkyl carbamates (subject to hydrolysis) is 1. The van der Waals surface area contributed by atoms with Gasteiger partial charge in [-0.1, -0.05) is 6.92 Å². The summed E-state index contributed by atoms with van der Waals surface area (Å²) < 4.78 is 5.15. The van der Waals surface area contributed by atoms with Gasteiger partial charge in [0.1, 0.15) is 5.60 Å². The Morgan fingerprint density at radius 1 is 1.21 bits per heavy atom. The maximum Gasteiger partial charge on any atom is 0.407 e. The first-order valence-electron chi connectivity index (χ1n) is 7.54. The Labute approximate surface area is 117 Å². The molecule has 0 aliphatic heterocycles. The molecule has 0 unspecified atom stereocenters. The first-order chi connectivity index (χ1) is 8.87. The molecule has 0 aromatic rings. The zero-order valence-corrected chi connectivity index (χ0v) is 12.9. The van der Waals surface area contributed by atoms with Gasteiger partial charge in [-0.3, -0.25) is 0 Å². The average molecular weight is 270 g/mol. The van der Waals surface area contributed by atoms with Crippen molar-refractivity contribution in [2.45, 2.75) is 59.0 Å². The van der Waals surface area contributed by atoms with Crippen LogP contribution in [0.15, 0.2) is 0 Å². The molecule has 4 nitrogen and oxygen atoms in total. The monoisotopic (exact) mass is 270 g/mol. The lowest BCUT2D eigenvalue weighted by atomic mass is 9.74. The Kier molecular flexibility index (Phi) is 6.63. The third kappa shape index (κ3) is 8.09. The van der Waals surface area contributed by atoms with Gasteiger partial charge in [0.05, 0.1) is 0 Å². The number of carbonyl (C=O) groups is 1. The van der Waals surface area contributed by atoms with Crippen molar-refractivity contribution in [1.82, 2.24) is 10.6 Å². The van der Waals surface area contributed by atoms with Crippen molar-refractivity contribution in [1.29, 1.82) is 0 Å². The number of amides is 1. The van der Waals surface area contributed by atoms with Gasteiger partial charge in [-0.25, -0.2) is 4.79 Å². The summed E-state index contributed by atoms with van der Waals surface area (Å²) in [5.74, 6) is 1.92. The van der Waals surface area contributed by atoms with E-state index < -0.39 is 5.60 Å². The molecule has 112 valence electrons. The van der Waals surface area contributed by atoms with Gasteiger partial charge in [0.2, 0.25) is 0 Å². The molecule has 1 saturated carbocycles. The predicted octanol–water partition coefficient (Wildman–Crippen LogP) is 2.93. The molecule has 0 radical (unpaired) electrons. The Hall–Kier alpha value is -0.770. The highest BCUT2D eigenvalue weighted by Gasteiger charge is 2.24. The third-order valence-corrected chi connectivity index (χ3v) is 3.41. The Bertz CT molecular complexity index is 268. The molecule has 1 amide bonds. The quantitative estimate of drug-likeness (QED) is 0.699. The van der Waals surface area contributed by atoms with Crippen LogP contribution in [0.4, 0.5) is 4.79 Å². The largest absolute Gasteiger partial charge is 0.444 e. The van der Waals surface area contributed by atoms with Crippen LogP contribution in [-0.2, 0) is 4.74 Å². The molecule has 0 aromatic carbocycles. The van der Waals surface area contributed by atoms with E-state index in [1.54, 1.807) is 0 Å². The Morgan fingerprint density at radius 3 is 2.47 bits per heavy atom. The first-order valence-corrected chi connectivity index (χ1v) is 7.54. The third-order valence-electron chi connectivity index (χ3n) is 3.41. The normalized spacial score (nSPS) is 22.7. The second-order valence-electron chi connectivity index (χ2n) is 6.76. The minimum absolute atomic E-state index is 0.335. The van der Waals surface area contributed by atoms with Gasteiger partial charge in [-0.2, -0.15) is 0 Å². The summed E-state index contributed by atoms with van der Waals surface area (Å²) in [6, 6.07) is 0. The zero-order chi connectivity index (χ0) is 14.3. The van der Waals surface area contributed by atoms with Crippen molar-refractivity contribution >= 4 is 6.09 Å². The first kappa shape index (κ1) is 16.3. The van der Waals surface area contributed by atoms with E-state index in [1.165, 1.54) is 25.7 Å². The van der Waals surface area contributed by atoms with Crippen LogP contribution < -0.4 is 10.6 Å². The molecule has 1 rings (SSSR count). The van der Waals surface area contributed by atoms with Crippen molar-refractivity contribution in [2.24, 2.45) is 11.8 Å². The van der Waals surface area contributed by atoms with Crippen molar-refractivity contribution < 1.29 is 9.53 Å². The summed E-state index contributed by atoms with van der Waals surface area (Å²) in [6.07, 6.45) is 5.08. The molecule has 1 fully saturated rings. The van der Waals surface area contributed by atoms with Crippen molar-refractivity contribution in [3.8, 4) is 0 Å². The van der Waals surface area contributed by atoms with Crippen molar-refractivity contribution in [3.05, 3.63) is 0 Å². The van der Waals surface area contributed by atoms with Gasteiger partial charge in [-0.15, -0.1) is 0 Å². The molecule has 0 aromatic heterocycles. The maximum atomic E-state index is 11.4. The van der Waals surface area contributed by atoms with Crippen LogP contribution in [0, 0.1) is 11.8 Å². The zero-order valence-electron chi connectivity index (χ0n) is 12.9. The fourth-order valence-corrected chi connectivity index (χ4v) is 2.51. The molecule has 2 N–H and O–H groups in total. The van der Waals surface area contributed by atoms with Crippen LogP contribution in [0.1, 0.15) is 53.4 Å². The summed E-state index contributed by atoms with van der Waals surface area (Å²) in [6.45, 7) is 10.4. The molecule has 0 saturated heterocycles. The lowest BCUT2D eigenvalue weighted by molar-refractivity contribution is 0.0528. The summed E-state index contributed by atoms with van der Waals surface area (Å²) in [4.78, 5) is 11.4. The molecule has 19 heavy (non-hydrogen) atoms. The van der Waals surface area contributed by atoms with Gasteiger partial charge in [0.25, 0.3) is 0 Å². The number of hydrogen-bond acceptors (Lipinski definition) is 3. The predicted molar refractivity (Wildman–Crippen MR) is 78.2 cm³/mol. The highest BCUT2D eigenvalue weighted by atomic mass is 16.6. The minimum Gasteiger partial charge on any atom is -0.444 e. The second-order valence-corrected chi connectivity index (χ2v) is 6.76. The smallest absolute Gasteiger partial charge is 0.407 e. The number of rotatable bonds is 7. The molecule has 1 aliphatic carbocycles. The molecular weight excluding hydrogens is 240 g/mol. The van der Waals surface area contributed by atoms with E-state index in [4.69, 9.17) is 4.74 Å². The Balaban J connectivity index is 1.84. The molecule has 4 heteroatoms. The molecule has 0 heterocycles. The fraction of sp³-hybridized carbons (Fsp3) is 0.933. The van der Waals surface area contributed by atoms with Crippen LogP contribution >= 0.6 is 0 Å². The summed E-state index contributed by atoms with van der Waals surface area (Å²) >= 11 is 0. The van der Waals surface area contributed by atoms with Gasteiger partial charge >= 0.3 is 6.09 Å². The van der Waals surface area contributed by atoms with Gasteiger partial charge in [-0.05, 0) is 64.8 Å². The van der Waals surface area contributed by atoms with Crippen LogP contribution in [0.25, 0.3) is 0 Å². The number of carbonyl (C=O) groups excluding carboxylic acids is 1. The summed E-state index contributed by atoms with van der Waals surface area (Å²) in [5.41, 5.74) is -0.419. The maximum absolute atomic E-state index is 11.4. The minimum atomic E-state index is -0.419. The topological polar surface area (TPSA) is 50.4 Å². The van der Waals surface area contributed by atoms with Gasteiger partial charge < -0.3 is 15.4 Å². The van der Waals surface area contributed by atoms with Crippen molar-refractivity contribution in [3.63, 3.8) is 0 Å². The van der Waals surface area contributed by atoms with E-state index in [0.29, 0.717) is 6.54 Å². The van der Waals surface area contributed by atoms with Crippen LogP contribution in [-0.4, -0.2) is 31.3 Å². The molecular formula is C15H30N2O2. The van der Waals surface area contributed by atoms with E-state index in [-0.39, 0.29) is 6.09 Å². The standard InChI is InChI=1S/C15H30N2O2/c1-12-10-13(11-12)6-5-7-16-8-9-17-14(18)19-15(2,3)4/h12-13,16H,5-11H2,1-4H3,(H,17,18). The molecule has 1 aliphatic rings. The van der Waals surface area contributed by atoms with Crippen LogP contribution in [0.5, 0.6) is 0 Å². The SMILES string of the molecule is CC1CC(CCCNCCNC(=O)OC(C)(C)C)C1.